The molecule has 98 valence electrons. The highest BCUT2D eigenvalue weighted by Crippen LogP contribution is 1.84. The van der Waals surface area contributed by atoms with Gasteiger partial charge in [0.2, 0.25) is 10.0 Å². The topological polar surface area (TPSA) is 61.4 Å². The summed E-state index contributed by atoms with van der Waals surface area (Å²) >= 11 is 0. The number of sulfonamides is 1. The van der Waals surface area contributed by atoms with Gasteiger partial charge in [-0.15, -0.1) is 0 Å². The van der Waals surface area contributed by atoms with Crippen LogP contribution < -0.4 is 10.0 Å². The zero-order valence-corrected chi connectivity index (χ0v) is 11.4. The molecule has 0 rings (SSSR count). The number of hydrogen-bond acceptors (Lipinski definition) is 4. The fourth-order valence-corrected chi connectivity index (χ4v) is 2.09. The molecular formula is C10H25N3O2S. The van der Waals surface area contributed by atoms with Crippen LogP contribution >= 0.6 is 0 Å². The summed E-state index contributed by atoms with van der Waals surface area (Å²) in [6.45, 7) is 7.66. The van der Waals surface area contributed by atoms with Gasteiger partial charge in [0.15, 0.2) is 0 Å². The zero-order valence-electron chi connectivity index (χ0n) is 10.6. The first-order chi connectivity index (χ1) is 7.52. The molecule has 0 aliphatic carbocycles. The Labute approximate surface area is 99.6 Å². The van der Waals surface area contributed by atoms with Crippen LogP contribution in [0.3, 0.4) is 0 Å². The Morgan fingerprint density at radius 3 is 2.38 bits per heavy atom. The Bertz CT molecular complexity index is 255. The lowest BCUT2D eigenvalue weighted by atomic mass is 10.5. The van der Waals surface area contributed by atoms with Crippen LogP contribution in [0.5, 0.6) is 0 Å². The van der Waals surface area contributed by atoms with E-state index in [1.54, 1.807) is 0 Å². The number of nitrogens with one attached hydrogen (secondary N) is 2. The second kappa shape index (κ2) is 8.92. The maximum Gasteiger partial charge on any atom is 0.212 e. The van der Waals surface area contributed by atoms with Crippen molar-refractivity contribution < 1.29 is 8.42 Å². The third-order valence-corrected chi connectivity index (χ3v) is 3.72. The van der Waals surface area contributed by atoms with Crippen molar-refractivity contribution in [2.45, 2.75) is 20.3 Å². The summed E-state index contributed by atoms with van der Waals surface area (Å²) in [7, 11) is -1.14. The van der Waals surface area contributed by atoms with Crippen molar-refractivity contribution in [2.24, 2.45) is 0 Å². The van der Waals surface area contributed by atoms with Crippen molar-refractivity contribution in [2.75, 3.05) is 45.5 Å². The Kier molecular flexibility index (Phi) is 8.83. The fourth-order valence-electron chi connectivity index (χ4n) is 1.13. The highest BCUT2D eigenvalue weighted by Gasteiger charge is 2.08. The quantitative estimate of drug-likeness (QED) is 0.531. The molecule has 2 N–H and O–H groups in total. The second-order valence-electron chi connectivity index (χ2n) is 3.86. The summed E-state index contributed by atoms with van der Waals surface area (Å²) in [5.74, 6) is 0.156. The third-order valence-electron chi connectivity index (χ3n) is 2.33. The van der Waals surface area contributed by atoms with Crippen molar-refractivity contribution in [3.63, 3.8) is 0 Å². The van der Waals surface area contributed by atoms with E-state index in [1.807, 2.05) is 14.0 Å². The van der Waals surface area contributed by atoms with Gasteiger partial charge in [-0.1, -0.05) is 13.8 Å². The molecule has 0 aromatic heterocycles. The van der Waals surface area contributed by atoms with Gasteiger partial charge in [-0.25, -0.2) is 13.1 Å². The molecule has 0 saturated heterocycles. The number of nitrogens with zero attached hydrogens (tertiary/aromatic N) is 1. The predicted octanol–water partition coefficient (Wildman–Crippen LogP) is -0.143. The van der Waals surface area contributed by atoms with Gasteiger partial charge in [0.25, 0.3) is 0 Å². The lowest BCUT2D eigenvalue weighted by Crippen LogP contribution is -2.36. The summed E-state index contributed by atoms with van der Waals surface area (Å²) < 4.78 is 25.6. The van der Waals surface area contributed by atoms with E-state index in [-0.39, 0.29) is 5.75 Å². The van der Waals surface area contributed by atoms with Crippen molar-refractivity contribution in [1.29, 1.82) is 0 Å². The molecule has 0 amide bonds. The molecule has 0 aromatic rings. The lowest BCUT2D eigenvalue weighted by molar-refractivity contribution is 0.358. The summed E-state index contributed by atoms with van der Waals surface area (Å²) in [6.07, 6.45) is 1.02. The molecule has 0 aliphatic heterocycles. The first-order valence-electron chi connectivity index (χ1n) is 5.88. The molecule has 0 radical (unpaired) electrons. The Balaban J connectivity index is 3.62. The van der Waals surface area contributed by atoms with Gasteiger partial charge in [-0.2, -0.15) is 0 Å². The normalized spacial score (nSPS) is 12.2. The molecule has 0 aromatic carbocycles. The fraction of sp³-hybridized carbons (Fsp3) is 1.00. The molecule has 0 spiro atoms. The van der Waals surface area contributed by atoms with Crippen LogP contribution in [0.4, 0.5) is 0 Å². The smallest absolute Gasteiger partial charge is 0.212 e. The first-order valence-corrected chi connectivity index (χ1v) is 7.53. The highest BCUT2D eigenvalue weighted by atomic mass is 32.2. The molecule has 16 heavy (non-hydrogen) atoms. The molecule has 0 saturated carbocycles. The molecule has 0 atom stereocenters. The lowest BCUT2D eigenvalue weighted by Gasteiger charge is -2.14. The van der Waals surface area contributed by atoms with Crippen LogP contribution in [0.2, 0.25) is 0 Å². The van der Waals surface area contributed by atoms with Gasteiger partial charge in [0.05, 0.1) is 5.75 Å². The summed E-state index contributed by atoms with van der Waals surface area (Å²) in [4.78, 5) is 2.07. The molecular weight excluding hydrogens is 226 g/mol. The van der Waals surface area contributed by atoms with Crippen molar-refractivity contribution in [1.82, 2.24) is 14.9 Å². The maximum absolute atomic E-state index is 11.5. The van der Waals surface area contributed by atoms with Crippen LogP contribution in [0.1, 0.15) is 20.3 Å². The molecule has 6 heteroatoms. The monoisotopic (exact) mass is 251 g/mol. The van der Waals surface area contributed by atoms with E-state index in [2.05, 4.69) is 21.9 Å². The van der Waals surface area contributed by atoms with Gasteiger partial charge >= 0.3 is 0 Å². The molecule has 0 unspecified atom stereocenters. The van der Waals surface area contributed by atoms with E-state index in [9.17, 15) is 8.42 Å². The number of likely N-dealkylation sites (N-methyl/N-ethyl adjacent to an activating group) is 1. The van der Waals surface area contributed by atoms with Gasteiger partial charge in [-0.3, -0.25) is 0 Å². The third kappa shape index (κ3) is 9.08. The van der Waals surface area contributed by atoms with E-state index in [4.69, 9.17) is 0 Å². The van der Waals surface area contributed by atoms with Crippen LogP contribution in [0, 0.1) is 0 Å². The summed E-state index contributed by atoms with van der Waals surface area (Å²) in [5, 5.41) is 3.07. The van der Waals surface area contributed by atoms with Gasteiger partial charge < -0.3 is 10.2 Å². The molecule has 0 aliphatic rings. The highest BCUT2D eigenvalue weighted by molar-refractivity contribution is 7.89. The number of hydrogen-bond donors (Lipinski definition) is 2. The van der Waals surface area contributed by atoms with Crippen molar-refractivity contribution in [3.05, 3.63) is 0 Å². The largest absolute Gasteiger partial charge is 0.316 e. The standard InChI is InChI=1S/C10H25N3O2S/c1-4-6-11-8-10-16(14,15)12-7-9-13(3)5-2/h11-12H,4-10H2,1-3H3. The van der Waals surface area contributed by atoms with Crippen LogP contribution in [0.15, 0.2) is 0 Å². The maximum atomic E-state index is 11.5. The Morgan fingerprint density at radius 2 is 1.81 bits per heavy atom. The van der Waals surface area contributed by atoms with Crippen LogP contribution in [-0.4, -0.2) is 58.8 Å². The van der Waals surface area contributed by atoms with Gasteiger partial charge in [-0.05, 0) is 26.6 Å². The minimum Gasteiger partial charge on any atom is -0.316 e. The predicted molar refractivity (Wildman–Crippen MR) is 68.1 cm³/mol. The van der Waals surface area contributed by atoms with E-state index in [1.165, 1.54) is 0 Å². The summed E-state index contributed by atoms with van der Waals surface area (Å²) in [6, 6.07) is 0. The Hall–Kier alpha value is -0.170. The van der Waals surface area contributed by atoms with E-state index >= 15 is 0 Å². The van der Waals surface area contributed by atoms with E-state index < -0.39 is 10.0 Å². The number of rotatable bonds is 10. The van der Waals surface area contributed by atoms with Gasteiger partial charge in [0.1, 0.15) is 0 Å². The molecule has 0 fully saturated rings. The summed E-state index contributed by atoms with van der Waals surface area (Å²) in [5.41, 5.74) is 0. The van der Waals surface area contributed by atoms with E-state index in [0.29, 0.717) is 13.1 Å². The van der Waals surface area contributed by atoms with E-state index in [0.717, 1.165) is 26.1 Å². The molecule has 5 nitrogen and oxygen atoms in total. The second-order valence-corrected chi connectivity index (χ2v) is 5.79. The van der Waals surface area contributed by atoms with Crippen LogP contribution in [0.25, 0.3) is 0 Å². The molecule has 0 heterocycles. The van der Waals surface area contributed by atoms with Crippen molar-refractivity contribution in [3.8, 4) is 0 Å². The average molecular weight is 251 g/mol. The van der Waals surface area contributed by atoms with Crippen molar-refractivity contribution >= 4 is 10.0 Å². The zero-order chi connectivity index (χ0) is 12.4. The minimum atomic E-state index is -3.11. The van der Waals surface area contributed by atoms with Crippen LogP contribution in [-0.2, 0) is 10.0 Å². The minimum absolute atomic E-state index is 0.156. The SMILES string of the molecule is CCCNCCS(=O)(=O)NCCN(C)CC. The average Bonchev–Trinajstić information content (AvgIpc) is 2.24. The first kappa shape index (κ1) is 15.8. The Morgan fingerprint density at radius 1 is 1.12 bits per heavy atom. The molecule has 0 bridgehead atoms. The van der Waals surface area contributed by atoms with Gasteiger partial charge in [0, 0.05) is 19.6 Å².